The fourth-order valence-corrected chi connectivity index (χ4v) is 3.23. The highest BCUT2D eigenvalue weighted by Crippen LogP contribution is 2.08. The van der Waals surface area contributed by atoms with E-state index in [4.69, 9.17) is 4.74 Å². The van der Waals surface area contributed by atoms with Crippen molar-refractivity contribution in [1.29, 1.82) is 0 Å². The van der Waals surface area contributed by atoms with Crippen LogP contribution in [-0.4, -0.2) is 55.4 Å². The summed E-state index contributed by atoms with van der Waals surface area (Å²) in [5, 5.41) is 7.72. The van der Waals surface area contributed by atoms with Gasteiger partial charge < -0.3 is 20.7 Å². The Labute approximate surface area is 187 Å². The predicted molar refractivity (Wildman–Crippen MR) is 121 cm³/mol. The van der Waals surface area contributed by atoms with Gasteiger partial charge in [0, 0.05) is 6.42 Å². The summed E-state index contributed by atoms with van der Waals surface area (Å²) < 4.78 is 4.83. The molecular formula is C22H31N3O5S. The Morgan fingerprint density at radius 2 is 1.81 bits per heavy atom. The van der Waals surface area contributed by atoms with E-state index in [0.717, 1.165) is 5.56 Å². The van der Waals surface area contributed by atoms with E-state index in [1.807, 2.05) is 50.4 Å². The summed E-state index contributed by atoms with van der Waals surface area (Å²) in [5.41, 5.74) is 0.868. The molecule has 0 saturated carbocycles. The fraction of sp³-hybridized carbons (Fsp3) is 0.455. The van der Waals surface area contributed by atoms with E-state index in [-0.39, 0.29) is 18.0 Å². The molecule has 3 N–H and O–H groups in total. The monoisotopic (exact) mass is 449 g/mol. The molecule has 31 heavy (non-hydrogen) atoms. The van der Waals surface area contributed by atoms with Crippen LogP contribution in [0.25, 0.3) is 0 Å². The first-order valence-electron chi connectivity index (χ1n) is 9.96. The van der Waals surface area contributed by atoms with Crippen molar-refractivity contribution >= 4 is 36.0 Å². The molecule has 0 saturated heterocycles. The smallest absolute Gasteiger partial charge is 0.328 e. The lowest BCUT2D eigenvalue weighted by Gasteiger charge is -2.20. The number of benzene rings is 1. The van der Waals surface area contributed by atoms with E-state index in [0.29, 0.717) is 18.6 Å². The second-order valence-electron chi connectivity index (χ2n) is 7.17. The van der Waals surface area contributed by atoms with Gasteiger partial charge >= 0.3 is 5.97 Å². The minimum absolute atomic E-state index is 0.0174. The van der Waals surface area contributed by atoms with Gasteiger partial charge in [-0.15, -0.1) is 0 Å². The number of methoxy groups -OCH3 is 1. The van der Waals surface area contributed by atoms with Crippen molar-refractivity contribution in [3.8, 4) is 0 Å². The van der Waals surface area contributed by atoms with E-state index in [2.05, 4.69) is 16.0 Å². The summed E-state index contributed by atoms with van der Waals surface area (Å²) in [6.07, 6.45) is 4.61. The van der Waals surface area contributed by atoms with Crippen LogP contribution in [0.5, 0.6) is 0 Å². The van der Waals surface area contributed by atoms with Gasteiger partial charge in [0.15, 0.2) is 0 Å². The molecule has 2 unspecified atom stereocenters. The van der Waals surface area contributed by atoms with Crippen LogP contribution in [0.4, 0.5) is 0 Å². The molecule has 0 aromatic heterocycles. The molecule has 0 bridgehead atoms. The Bertz CT molecular complexity index is 768. The third kappa shape index (κ3) is 9.69. The number of rotatable bonds is 13. The molecule has 8 nitrogen and oxygen atoms in total. The van der Waals surface area contributed by atoms with E-state index in [1.54, 1.807) is 17.8 Å². The van der Waals surface area contributed by atoms with Crippen LogP contribution in [0.15, 0.2) is 42.1 Å². The van der Waals surface area contributed by atoms with Crippen molar-refractivity contribution < 1.29 is 23.9 Å². The summed E-state index contributed by atoms with van der Waals surface area (Å²) in [7, 11) is 1.25. The van der Waals surface area contributed by atoms with Crippen molar-refractivity contribution in [3.63, 3.8) is 0 Å². The SMILES string of the molecule is COC(=O)C(Cc1ccccc1)NC(=O)/C(=C/C(C)C)NC(=O)C(CCSC)NC=O. The molecule has 9 heteroatoms. The molecule has 1 aromatic carbocycles. The van der Waals surface area contributed by atoms with E-state index >= 15 is 0 Å². The summed E-state index contributed by atoms with van der Waals surface area (Å²) in [4.78, 5) is 48.7. The lowest BCUT2D eigenvalue weighted by Crippen LogP contribution is -2.49. The number of amides is 3. The second-order valence-corrected chi connectivity index (χ2v) is 8.16. The second kappa shape index (κ2) is 14.2. The zero-order chi connectivity index (χ0) is 23.2. The van der Waals surface area contributed by atoms with E-state index in [9.17, 15) is 19.2 Å². The molecule has 3 amide bonds. The van der Waals surface area contributed by atoms with Gasteiger partial charge in [0.25, 0.3) is 5.91 Å². The molecule has 0 heterocycles. The van der Waals surface area contributed by atoms with Gasteiger partial charge in [-0.25, -0.2) is 4.79 Å². The van der Waals surface area contributed by atoms with Gasteiger partial charge in [0.1, 0.15) is 17.8 Å². The van der Waals surface area contributed by atoms with E-state index < -0.39 is 29.9 Å². The van der Waals surface area contributed by atoms with Gasteiger partial charge in [0.2, 0.25) is 12.3 Å². The fourth-order valence-electron chi connectivity index (χ4n) is 2.76. The Morgan fingerprint density at radius 1 is 1.13 bits per heavy atom. The van der Waals surface area contributed by atoms with Crippen LogP contribution < -0.4 is 16.0 Å². The highest BCUT2D eigenvalue weighted by molar-refractivity contribution is 7.98. The average molecular weight is 450 g/mol. The number of esters is 1. The maximum Gasteiger partial charge on any atom is 0.328 e. The zero-order valence-electron chi connectivity index (χ0n) is 18.3. The van der Waals surface area contributed by atoms with Crippen LogP contribution in [-0.2, 0) is 30.3 Å². The number of carbonyl (C=O) groups excluding carboxylic acids is 4. The maximum atomic E-state index is 12.9. The van der Waals surface area contributed by atoms with Crippen LogP contribution in [0, 0.1) is 5.92 Å². The molecule has 0 spiro atoms. The maximum absolute atomic E-state index is 12.9. The number of allylic oxidation sites excluding steroid dienone is 1. The van der Waals surface area contributed by atoms with E-state index in [1.165, 1.54) is 7.11 Å². The molecule has 0 aliphatic carbocycles. The molecule has 0 fully saturated rings. The molecule has 1 aromatic rings. The Balaban J connectivity index is 3.00. The topological polar surface area (TPSA) is 114 Å². The summed E-state index contributed by atoms with van der Waals surface area (Å²) in [6, 6.07) is 7.53. The van der Waals surface area contributed by atoms with Crippen molar-refractivity contribution in [2.45, 2.75) is 38.8 Å². The van der Waals surface area contributed by atoms with Gasteiger partial charge in [-0.3, -0.25) is 14.4 Å². The number of ether oxygens (including phenoxy) is 1. The van der Waals surface area contributed by atoms with Crippen molar-refractivity contribution in [2.75, 3.05) is 19.1 Å². The highest BCUT2D eigenvalue weighted by atomic mass is 32.2. The normalized spacial score (nSPS) is 13.1. The zero-order valence-corrected chi connectivity index (χ0v) is 19.2. The van der Waals surface area contributed by atoms with Gasteiger partial charge in [-0.2, -0.15) is 11.8 Å². The third-order valence-corrected chi connectivity index (χ3v) is 4.92. The van der Waals surface area contributed by atoms with Crippen molar-refractivity contribution in [2.24, 2.45) is 5.92 Å². The summed E-state index contributed by atoms with van der Waals surface area (Å²) in [5.74, 6) is -1.08. The number of carbonyl (C=O) groups is 4. The van der Waals surface area contributed by atoms with Crippen molar-refractivity contribution in [1.82, 2.24) is 16.0 Å². The molecule has 170 valence electrons. The Hall–Kier alpha value is -2.81. The highest BCUT2D eigenvalue weighted by Gasteiger charge is 2.26. The minimum Gasteiger partial charge on any atom is -0.467 e. The van der Waals surface area contributed by atoms with Crippen LogP contribution in [0.1, 0.15) is 25.8 Å². The van der Waals surface area contributed by atoms with Crippen LogP contribution >= 0.6 is 11.8 Å². The number of hydrogen-bond acceptors (Lipinski definition) is 6. The lowest BCUT2D eigenvalue weighted by molar-refractivity contribution is -0.144. The molecule has 0 aliphatic rings. The first-order chi connectivity index (χ1) is 14.8. The molecule has 1 rings (SSSR count). The first-order valence-corrected chi connectivity index (χ1v) is 11.4. The Morgan fingerprint density at radius 3 is 2.35 bits per heavy atom. The number of nitrogens with one attached hydrogen (secondary N) is 3. The summed E-state index contributed by atoms with van der Waals surface area (Å²) >= 11 is 1.54. The number of hydrogen-bond donors (Lipinski definition) is 3. The first kappa shape index (κ1) is 26.2. The summed E-state index contributed by atoms with van der Waals surface area (Å²) in [6.45, 7) is 3.71. The van der Waals surface area contributed by atoms with Crippen LogP contribution in [0.2, 0.25) is 0 Å². The van der Waals surface area contributed by atoms with Crippen LogP contribution in [0.3, 0.4) is 0 Å². The predicted octanol–water partition coefficient (Wildman–Crippen LogP) is 1.41. The number of thioether (sulfide) groups is 1. The minimum atomic E-state index is -0.923. The molecule has 0 radical (unpaired) electrons. The quantitative estimate of drug-likeness (QED) is 0.238. The average Bonchev–Trinajstić information content (AvgIpc) is 2.75. The molecule has 2 atom stereocenters. The molecule has 0 aliphatic heterocycles. The molecular weight excluding hydrogens is 418 g/mol. The lowest BCUT2D eigenvalue weighted by atomic mass is 10.1. The standard InChI is InChI=1S/C22H31N3O5S/c1-15(2)12-18(24-20(27)17(23-14-26)10-11-31-4)21(28)25-19(22(29)30-3)13-16-8-6-5-7-9-16/h5-9,12,14-15,17,19H,10-11,13H2,1-4H3,(H,23,26)(H,24,27)(H,25,28)/b18-12-. The largest absolute Gasteiger partial charge is 0.467 e. The van der Waals surface area contributed by atoms with Gasteiger partial charge in [0.05, 0.1) is 7.11 Å². The van der Waals surface area contributed by atoms with Crippen molar-refractivity contribution in [3.05, 3.63) is 47.7 Å². The van der Waals surface area contributed by atoms with Gasteiger partial charge in [-0.1, -0.05) is 50.3 Å². The van der Waals surface area contributed by atoms with Gasteiger partial charge in [-0.05, 0) is 29.9 Å². The third-order valence-electron chi connectivity index (χ3n) is 4.27. The Kier molecular flexibility index (Phi) is 12.0.